The van der Waals surface area contributed by atoms with E-state index in [1.165, 1.54) is 12.1 Å². The molecule has 7 heteroatoms. The Balaban J connectivity index is 1.36. The predicted octanol–water partition coefficient (Wildman–Crippen LogP) is 2.71. The van der Waals surface area contributed by atoms with E-state index in [2.05, 4.69) is 15.1 Å². The summed E-state index contributed by atoms with van der Waals surface area (Å²) >= 11 is 0. The normalized spacial score (nSPS) is 20.7. The van der Waals surface area contributed by atoms with E-state index < -0.39 is 0 Å². The van der Waals surface area contributed by atoms with Gasteiger partial charge < -0.3 is 9.32 Å². The molecule has 4 rings (SSSR count). The number of halogens is 1. The van der Waals surface area contributed by atoms with Crippen LogP contribution in [0, 0.1) is 11.2 Å². The standard InChI is InChI=1S/C19H23FN4O2/c1-23-13-19(6-5-17(23)25)7-9-24(10-8-19)12-16-21-22-18(26-16)14-3-2-4-15(20)11-14/h2-4,11H,5-10,12-13H2,1H3. The number of aromatic nitrogens is 2. The first kappa shape index (κ1) is 17.1. The van der Waals surface area contributed by atoms with Gasteiger partial charge in [-0.05, 0) is 56.0 Å². The Kier molecular flexibility index (Phi) is 4.48. The Hall–Kier alpha value is -2.28. The summed E-state index contributed by atoms with van der Waals surface area (Å²) in [5.41, 5.74) is 0.858. The van der Waals surface area contributed by atoms with Crippen molar-refractivity contribution in [2.75, 3.05) is 26.7 Å². The topological polar surface area (TPSA) is 62.5 Å². The molecule has 0 N–H and O–H groups in total. The van der Waals surface area contributed by atoms with Crippen molar-refractivity contribution >= 4 is 5.91 Å². The summed E-state index contributed by atoms with van der Waals surface area (Å²) < 4.78 is 19.0. The summed E-state index contributed by atoms with van der Waals surface area (Å²) in [5, 5.41) is 8.15. The first-order valence-electron chi connectivity index (χ1n) is 9.08. The zero-order chi connectivity index (χ0) is 18.1. The zero-order valence-electron chi connectivity index (χ0n) is 14.9. The van der Waals surface area contributed by atoms with Crippen LogP contribution in [0.25, 0.3) is 11.5 Å². The van der Waals surface area contributed by atoms with Crippen molar-refractivity contribution in [3.8, 4) is 11.5 Å². The van der Waals surface area contributed by atoms with Crippen molar-refractivity contribution in [1.82, 2.24) is 20.0 Å². The maximum atomic E-state index is 13.3. The van der Waals surface area contributed by atoms with Gasteiger partial charge in [-0.2, -0.15) is 0 Å². The van der Waals surface area contributed by atoms with E-state index in [0.717, 1.165) is 38.9 Å². The number of piperidine rings is 2. The number of hydrogen-bond donors (Lipinski definition) is 0. The van der Waals surface area contributed by atoms with Gasteiger partial charge in [0.05, 0.1) is 6.54 Å². The van der Waals surface area contributed by atoms with Crippen molar-refractivity contribution in [3.05, 3.63) is 36.0 Å². The fourth-order valence-electron chi connectivity index (χ4n) is 4.07. The molecule has 2 fully saturated rings. The maximum Gasteiger partial charge on any atom is 0.247 e. The van der Waals surface area contributed by atoms with E-state index in [9.17, 15) is 9.18 Å². The quantitative estimate of drug-likeness (QED) is 0.844. The smallest absolute Gasteiger partial charge is 0.247 e. The Morgan fingerprint density at radius 1 is 1.23 bits per heavy atom. The van der Waals surface area contributed by atoms with Crippen molar-refractivity contribution in [3.63, 3.8) is 0 Å². The second-order valence-corrected chi connectivity index (χ2v) is 7.54. The molecule has 0 atom stereocenters. The molecule has 1 spiro atoms. The molecule has 1 amide bonds. The van der Waals surface area contributed by atoms with Gasteiger partial charge in [-0.1, -0.05) is 6.07 Å². The van der Waals surface area contributed by atoms with Crippen LogP contribution in [0.5, 0.6) is 0 Å². The van der Waals surface area contributed by atoms with Crippen LogP contribution in [0.2, 0.25) is 0 Å². The highest BCUT2D eigenvalue weighted by molar-refractivity contribution is 5.76. The number of rotatable bonds is 3. The number of amides is 1. The molecule has 2 saturated heterocycles. The Morgan fingerprint density at radius 3 is 2.77 bits per heavy atom. The highest BCUT2D eigenvalue weighted by Gasteiger charge is 2.39. The maximum absolute atomic E-state index is 13.3. The first-order valence-corrected chi connectivity index (χ1v) is 9.08. The fraction of sp³-hybridized carbons (Fsp3) is 0.526. The van der Waals surface area contributed by atoms with Crippen LogP contribution in [-0.4, -0.2) is 52.6 Å². The van der Waals surface area contributed by atoms with Gasteiger partial charge in [0.25, 0.3) is 0 Å². The van der Waals surface area contributed by atoms with Crippen LogP contribution in [0.15, 0.2) is 28.7 Å². The highest BCUT2D eigenvalue weighted by Crippen LogP contribution is 2.40. The SMILES string of the molecule is CN1CC2(CCC1=O)CCN(Cc1nnc(-c3cccc(F)c3)o1)CC2. The van der Waals surface area contributed by atoms with Crippen LogP contribution in [0.1, 0.15) is 31.6 Å². The molecule has 6 nitrogen and oxygen atoms in total. The van der Waals surface area contributed by atoms with E-state index in [4.69, 9.17) is 4.42 Å². The van der Waals surface area contributed by atoms with Gasteiger partial charge >= 0.3 is 0 Å². The molecule has 1 aromatic carbocycles. The number of hydrogen-bond acceptors (Lipinski definition) is 5. The molecular weight excluding hydrogens is 335 g/mol. The van der Waals surface area contributed by atoms with Crippen molar-refractivity contribution in [2.45, 2.75) is 32.2 Å². The van der Waals surface area contributed by atoms with Crippen LogP contribution < -0.4 is 0 Å². The van der Waals surface area contributed by atoms with Crippen molar-refractivity contribution in [1.29, 1.82) is 0 Å². The lowest BCUT2D eigenvalue weighted by Crippen LogP contribution is -2.50. The van der Waals surface area contributed by atoms with Gasteiger partial charge in [-0.3, -0.25) is 9.69 Å². The first-order chi connectivity index (χ1) is 12.5. The zero-order valence-corrected chi connectivity index (χ0v) is 14.9. The van der Waals surface area contributed by atoms with Gasteiger partial charge in [0.15, 0.2) is 0 Å². The lowest BCUT2D eigenvalue weighted by molar-refractivity contribution is -0.137. The van der Waals surface area contributed by atoms with Crippen LogP contribution in [0.4, 0.5) is 4.39 Å². The molecule has 3 heterocycles. The Bertz CT molecular complexity index is 798. The number of carbonyl (C=O) groups is 1. The lowest BCUT2D eigenvalue weighted by atomic mass is 9.72. The fourth-order valence-corrected chi connectivity index (χ4v) is 4.07. The van der Waals surface area contributed by atoms with Crippen LogP contribution >= 0.6 is 0 Å². The summed E-state index contributed by atoms with van der Waals surface area (Å²) in [6, 6.07) is 6.17. The summed E-state index contributed by atoms with van der Waals surface area (Å²) in [5.74, 6) is 0.838. The minimum atomic E-state index is -0.320. The van der Waals surface area contributed by atoms with Gasteiger partial charge in [0, 0.05) is 25.6 Å². The number of carbonyl (C=O) groups excluding carboxylic acids is 1. The molecule has 0 aliphatic carbocycles. The molecule has 2 aromatic rings. The molecule has 0 bridgehead atoms. The van der Waals surface area contributed by atoms with E-state index in [0.29, 0.717) is 30.3 Å². The summed E-state index contributed by atoms with van der Waals surface area (Å²) in [7, 11) is 1.90. The molecule has 0 unspecified atom stereocenters. The molecule has 2 aliphatic heterocycles. The third-order valence-electron chi connectivity index (χ3n) is 5.68. The highest BCUT2D eigenvalue weighted by atomic mass is 19.1. The predicted molar refractivity (Wildman–Crippen MR) is 93.5 cm³/mol. The molecule has 138 valence electrons. The van der Waals surface area contributed by atoms with Gasteiger partial charge in [0.2, 0.25) is 17.7 Å². The Morgan fingerprint density at radius 2 is 2.04 bits per heavy atom. The number of nitrogens with zero attached hydrogens (tertiary/aromatic N) is 4. The minimum Gasteiger partial charge on any atom is -0.419 e. The number of likely N-dealkylation sites (tertiary alicyclic amines) is 2. The molecule has 1 aromatic heterocycles. The summed E-state index contributed by atoms with van der Waals surface area (Å²) in [4.78, 5) is 15.9. The average molecular weight is 358 g/mol. The van der Waals surface area contributed by atoms with E-state index in [1.54, 1.807) is 12.1 Å². The Labute approximate surface area is 152 Å². The van der Waals surface area contributed by atoms with Crippen molar-refractivity contribution in [2.24, 2.45) is 5.41 Å². The monoisotopic (exact) mass is 358 g/mol. The third-order valence-corrected chi connectivity index (χ3v) is 5.68. The third kappa shape index (κ3) is 3.49. The molecule has 0 saturated carbocycles. The lowest BCUT2D eigenvalue weighted by Gasteiger charge is -2.46. The largest absolute Gasteiger partial charge is 0.419 e. The number of benzene rings is 1. The van der Waals surface area contributed by atoms with Crippen LogP contribution in [-0.2, 0) is 11.3 Å². The van der Waals surface area contributed by atoms with Crippen molar-refractivity contribution < 1.29 is 13.6 Å². The average Bonchev–Trinajstić information content (AvgIpc) is 3.09. The second-order valence-electron chi connectivity index (χ2n) is 7.54. The molecule has 26 heavy (non-hydrogen) atoms. The van der Waals surface area contributed by atoms with E-state index in [-0.39, 0.29) is 17.1 Å². The second kappa shape index (κ2) is 6.79. The van der Waals surface area contributed by atoms with E-state index >= 15 is 0 Å². The summed E-state index contributed by atoms with van der Waals surface area (Å²) in [6.07, 6.45) is 3.82. The van der Waals surface area contributed by atoms with Gasteiger partial charge in [0.1, 0.15) is 5.82 Å². The summed E-state index contributed by atoms with van der Waals surface area (Å²) in [6.45, 7) is 3.39. The molecular formula is C19H23FN4O2. The van der Waals surface area contributed by atoms with Gasteiger partial charge in [-0.25, -0.2) is 4.39 Å². The molecule has 0 radical (unpaired) electrons. The van der Waals surface area contributed by atoms with Crippen LogP contribution in [0.3, 0.4) is 0 Å². The molecule has 2 aliphatic rings. The van der Waals surface area contributed by atoms with Gasteiger partial charge in [-0.15, -0.1) is 10.2 Å². The van der Waals surface area contributed by atoms with E-state index in [1.807, 2.05) is 11.9 Å². The minimum absolute atomic E-state index is 0.258.